The highest BCUT2D eigenvalue weighted by atomic mass is 16.6. The minimum atomic E-state index is -1.66. The standard InChI is InChI=1S/C20H10N4O6/c25-7-24(30)13-6-12-10(5-11(13)22-20(24)29)21-18-8-1-3-14(26)17-15(27)4-2-9(16(8)17)19(28)23(12)18/h1-6,26-27,30H,(H,22,29)/q+1. The zero-order valence-corrected chi connectivity index (χ0v) is 14.9. The fourth-order valence-electron chi connectivity index (χ4n) is 4.16. The molecule has 5 aromatic rings. The van der Waals surface area contributed by atoms with E-state index in [4.69, 9.17) is 0 Å². The van der Waals surface area contributed by atoms with E-state index in [0.717, 1.165) is 0 Å². The van der Waals surface area contributed by atoms with Crippen LogP contribution in [0.4, 0.5) is 11.4 Å². The minimum Gasteiger partial charge on any atom is -0.507 e. The molecule has 3 aromatic carbocycles. The zero-order valence-electron chi connectivity index (χ0n) is 14.9. The first kappa shape index (κ1) is 16.7. The van der Waals surface area contributed by atoms with E-state index < -0.39 is 16.2 Å². The Balaban J connectivity index is 1.87. The number of nitrogens with zero attached hydrogens (tertiary/aromatic N) is 4. The van der Waals surface area contributed by atoms with Crippen molar-refractivity contribution in [2.24, 2.45) is 4.99 Å². The van der Waals surface area contributed by atoms with Gasteiger partial charge < -0.3 is 15.3 Å². The number of hydrogen-bond acceptors (Lipinski definition) is 7. The molecule has 1 amide bonds. The van der Waals surface area contributed by atoms with E-state index in [-0.39, 0.29) is 44.8 Å². The molecular weight excluding hydrogens is 392 g/mol. The molecule has 0 saturated heterocycles. The summed E-state index contributed by atoms with van der Waals surface area (Å²) in [5.41, 5.74) is 0.458. The number of amidine groups is 1. The third-order valence-corrected chi connectivity index (χ3v) is 5.53. The number of phenols is 2. The van der Waals surface area contributed by atoms with Gasteiger partial charge in [-0.3, -0.25) is 9.20 Å². The second-order valence-electron chi connectivity index (χ2n) is 7.06. The Morgan fingerprint density at radius 3 is 2.37 bits per heavy atom. The van der Waals surface area contributed by atoms with Gasteiger partial charge >= 0.3 is 12.4 Å². The van der Waals surface area contributed by atoms with Crippen molar-refractivity contribution < 1.29 is 25.3 Å². The van der Waals surface area contributed by atoms with Gasteiger partial charge in [0.05, 0.1) is 16.4 Å². The molecule has 1 aliphatic heterocycles. The molecule has 2 aromatic heterocycles. The number of benzene rings is 3. The van der Waals surface area contributed by atoms with Crippen molar-refractivity contribution >= 4 is 62.0 Å². The highest BCUT2D eigenvalue weighted by molar-refractivity contribution is 6.19. The minimum absolute atomic E-state index is 0.0714. The summed E-state index contributed by atoms with van der Waals surface area (Å²) in [5, 5.41) is 42.0. The fraction of sp³-hybridized carbons (Fsp3) is 0. The Morgan fingerprint density at radius 2 is 1.67 bits per heavy atom. The molecule has 0 fully saturated rings. The van der Waals surface area contributed by atoms with E-state index in [1.54, 1.807) is 6.07 Å². The maximum Gasteiger partial charge on any atom is 0.493 e. The number of carbonyl (C=O) groups excluding carboxylic acids is 1. The number of aliphatic hydroxyl groups excluding tert-OH is 1. The number of imidazole rings is 1. The number of aromatic hydroxyl groups is 2. The average Bonchev–Trinajstić information content (AvgIpc) is 3.21. The van der Waals surface area contributed by atoms with Gasteiger partial charge in [0.15, 0.2) is 0 Å². The second kappa shape index (κ2) is 5.00. The van der Waals surface area contributed by atoms with E-state index in [2.05, 4.69) is 9.98 Å². The number of aliphatic imine (C=N–C) groups is 1. The van der Waals surface area contributed by atoms with Gasteiger partial charge in [0.25, 0.3) is 5.56 Å². The number of aromatic nitrogens is 2. The molecule has 4 N–H and O–H groups in total. The molecule has 6 rings (SSSR count). The predicted octanol–water partition coefficient (Wildman–Crippen LogP) is 2.33. The van der Waals surface area contributed by atoms with E-state index in [9.17, 15) is 30.1 Å². The Kier molecular flexibility index (Phi) is 2.78. The summed E-state index contributed by atoms with van der Waals surface area (Å²) in [4.78, 5) is 32.9. The van der Waals surface area contributed by atoms with Crippen LogP contribution in [0.5, 0.6) is 11.5 Å². The second-order valence-corrected chi connectivity index (χ2v) is 7.06. The number of hydroxylamine groups is 2. The molecule has 30 heavy (non-hydrogen) atoms. The molecule has 10 nitrogen and oxygen atoms in total. The van der Waals surface area contributed by atoms with E-state index in [0.29, 0.717) is 16.3 Å². The average molecular weight is 402 g/mol. The third-order valence-electron chi connectivity index (χ3n) is 5.53. The van der Waals surface area contributed by atoms with E-state index in [1.807, 2.05) is 0 Å². The smallest absolute Gasteiger partial charge is 0.493 e. The largest absolute Gasteiger partial charge is 0.507 e. The number of aliphatic hydroxyl groups is 1. The lowest BCUT2D eigenvalue weighted by Crippen LogP contribution is -2.47. The Hall–Kier alpha value is -4.28. The number of amides is 1. The number of fused-ring (bicyclic) bond motifs is 5. The number of rotatable bonds is 1. The highest BCUT2D eigenvalue weighted by Gasteiger charge is 2.47. The number of quaternary nitrogens is 1. The van der Waals surface area contributed by atoms with Crippen molar-refractivity contribution in [3.05, 3.63) is 46.8 Å². The van der Waals surface area contributed by atoms with Crippen LogP contribution in [0.3, 0.4) is 0 Å². The normalized spacial score (nSPS) is 18.5. The van der Waals surface area contributed by atoms with Gasteiger partial charge in [-0.25, -0.2) is 9.78 Å². The summed E-state index contributed by atoms with van der Waals surface area (Å²) in [7, 11) is 0. The van der Waals surface area contributed by atoms with Crippen LogP contribution in [-0.4, -0.2) is 42.3 Å². The summed E-state index contributed by atoms with van der Waals surface area (Å²) >= 11 is 0. The molecule has 10 heteroatoms. The molecule has 1 atom stereocenters. The van der Waals surface area contributed by atoms with Gasteiger partial charge in [-0.1, -0.05) is 0 Å². The van der Waals surface area contributed by atoms with Crippen LogP contribution in [-0.2, 0) is 4.79 Å². The summed E-state index contributed by atoms with van der Waals surface area (Å²) in [6.45, 7) is 0. The number of hydrogen-bond donors (Lipinski definition) is 4. The molecule has 0 saturated carbocycles. The van der Waals surface area contributed by atoms with Gasteiger partial charge in [0.1, 0.15) is 22.8 Å². The Labute approximate surface area is 165 Å². The number of phenolic OH excluding ortho intramolecular Hbond substituents is 2. The van der Waals surface area contributed by atoms with Crippen molar-refractivity contribution in [3.8, 4) is 11.5 Å². The molecule has 0 spiro atoms. The van der Waals surface area contributed by atoms with E-state index >= 15 is 0 Å². The first-order valence-electron chi connectivity index (χ1n) is 8.74. The molecule has 0 bridgehead atoms. The van der Waals surface area contributed by atoms with Crippen molar-refractivity contribution in [1.82, 2.24) is 14.0 Å². The molecule has 3 heterocycles. The summed E-state index contributed by atoms with van der Waals surface area (Å²) in [5.74, 6) is -0.337. The van der Waals surface area contributed by atoms with Crippen LogP contribution in [0.15, 0.2) is 46.2 Å². The molecule has 1 radical (unpaired) electrons. The van der Waals surface area contributed by atoms with Crippen LogP contribution in [0, 0.1) is 0 Å². The Bertz CT molecular complexity index is 1680. The van der Waals surface area contributed by atoms with Crippen LogP contribution in [0.1, 0.15) is 0 Å². The topological polar surface area (TPSA) is 145 Å². The van der Waals surface area contributed by atoms with Crippen molar-refractivity contribution in [3.63, 3.8) is 0 Å². The van der Waals surface area contributed by atoms with Crippen LogP contribution >= 0.6 is 0 Å². The first-order valence-corrected chi connectivity index (χ1v) is 8.74. The molecule has 0 aliphatic carbocycles. The summed E-state index contributed by atoms with van der Waals surface area (Å²) in [6, 6.07) is 7.69. The number of pyridine rings is 1. The van der Waals surface area contributed by atoms with Crippen molar-refractivity contribution in [2.75, 3.05) is 0 Å². The van der Waals surface area contributed by atoms with Crippen LogP contribution < -0.4 is 10.2 Å². The van der Waals surface area contributed by atoms with Crippen molar-refractivity contribution in [2.45, 2.75) is 0 Å². The lowest BCUT2D eigenvalue weighted by atomic mass is 10.0. The van der Waals surface area contributed by atoms with Crippen LogP contribution in [0.25, 0.3) is 38.2 Å². The first-order chi connectivity index (χ1) is 14.3. The summed E-state index contributed by atoms with van der Waals surface area (Å²) in [6.07, 6.45) is 1.33. The molecular formula is C20H10N4O6+. The molecule has 1 aliphatic rings. The highest BCUT2D eigenvalue weighted by Crippen LogP contribution is 2.43. The van der Waals surface area contributed by atoms with Crippen molar-refractivity contribution in [1.29, 1.82) is 0 Å². The molecule has 1 unspecified atom stereocenters. The zero-order chi connectivity index (χ0) is 20.9. The fourth-order valence-corrected chi connectivity index (χ4v) is 4.16. The maximum absolute atomic E-state index is 13.3. The maximum atomic E-state index is 13.3. The lowest BCUT2D eigenvalue weighted by Gasteiger charge is -2.12. The van der Waals surface area contributed by atoms with Gasteiger partial charge in [0, 0.05) is 26.9 Å². The van der Waals surface area contributed by atoms with Crippen LogP contribution in [0.2, 0.25) is 0 Å². The Morgan fingerprint density at radius 1 is 0.967 bits per heavy atom. The summed E-state index contributed by atoms with van der Waals surface area (Å²) < 4.78 is -0.348. The monoisotopic (exact) mass is 402 g/mol. The quantitative estimate of drug-likeness (QED) is 0.249. The SMILES string of the molecule is O=[C][N+]1(O)C(O)=Nc2cc3nc4c5ccc(O)c6c(O)ccc(c(=O)n4c3cc21)c65. The van der Waals surface area contributed by atoms with Gasteiger partial charge in [0.2, 0.25) is 5.69 Å². The van der Waals surface area contributed by atoms with Gasteiger partial charge in [-0.05, 0) is 30.3 Å². The van der Waals surface area contributed by atoms with E-state index in [1.165, 1.54) is 41.1 Å². The van der Waals surface area contributed by atoms with Gasteiger partial charge in [-0.15, -0.1) is 0 Å². The molecule has 145 valence electrons. The predicted molar refractivity (Wildman–Crippen MR) is 107 cm³/mol. The third kappa shape index (κ3) is 1.71. The van der Waals surface area contributed by atoms with Gasteiger partial charge in [-0.2, -0.15) is 10.2 Å². The lowest BCUT2D eigenvalue weighted by molar-refractivity contribution is 0.0487.